The van der Waals surface area contributed by atoms with E-state index < -0.39 is 10.0 Å². The summed E-state index contributed by atoms with van der Waals surface area (Å²) in [4.78, 5) is 4.06. The SMILES string of the molecule is Cn1ccnc1CNS(=O)(=O)CCNC1CC1. The number of nitrogens with zero attached hydrogens (tertiary/aromatic N) is 2. The molecular formula is C10H18N4O2S. The van der Waals surface area contributed by atoms with E-state index in [1.165, 1.54) is 12.8 Å². The molecule has 0 radical (unpaired) electrons. The summed E-state index contributed by atoms with van der Waals surface area (Å²) >= 11 is 0. The number of sulfonamides is 1. The van der Waals surface area contributed by atoms with Gasteiger partial charge in [0.05, 0.1) is 12.3 Å². The Kier molecular flexibility index (Phi) is 3.80. The van der Waals surface area contributed by atoms with Crippen molar-refractivity contribution in [3.63, 3.8) is 0 Å². The molecule has 1 aromatic rings. The first-order valence-corrected chi connectivity index (χ1v) is 7.39. The van der Waals surface area contributed by atoms with E-state index in [0.717, 1.165) is 0 Å². The third-order valence-corrected chi connectivity index (χ3v) is 4.08. The van der Waals surface area contributed by atoms with Crippen LogP contribution in [-0.4, -0.2) is 36.3 Å². The second kappa shape index (κ2) is 5.16. The molecule has 96 valence electrons. The standard InChI is InChI=1S/C10H18N4O2S/c1-14-6-4-12-10(14)8-13-17(15,16)7-5-11-9-2-3-9/h4,6,9,11,13H,2-3,5,7-8H2,1H3. The molecule has 0 aromatic carbocycles. The predicted octanol–water partition coefficient (Wildman–Crippen LogP) is -0.408. The zero-order chi connectivity index (χ0) is 12.3. The monoisotopic (exact) mass is 258 g/mol. The van der Waals surface area contributed by atoms with Crippen LogP contribution in [0.15, 0.2) is 12.4 Å². The third kappa shape index (κ3) is 4.10. The van der Waals surface area contributed by atoms with Gasteiger partial charge in [0.15, 0.2) is 0 Å². The molecule has 1 aliphatic rings. The van der Waals surface area contributed by atoms with Gasteiger partial charge in [-0.25, -0.2) is 18.1 Å². The van der Waals surface area contributed by atoms with Gasteiger partial charge in [-0.3, -0.25) is 0 Å². The maximum Gasteiger partial charge on any atom is 0.213 e. The molecule has 1 aliphatic carbocycles. The van der Waals surface area contributed by atoms with Crippen LogP contribution >= 0.6 is 0 Å². The zero-order valence-electron chi connectivity index (χ0n) is 9.89. The van der Waals surface area contributed by atoms with Gasteiger partial charge in [0, 0.05) is 32.0 Å². The molecule has 1 fully saturated rings. The molecule has 17 heavy (non-hydrogen) atoms. The Morgan fingerprint density at radius 3 is 2.88 bits per heavy atom. The molecular weight excluding hydrogens is 240 g/mol. The Morgan fingerprint density at radius 1 is 1.53 bits per heavy atom. The molecule has 7 heteroatoms. The van der Waals surface area contributed by atoms with Crippen LogP contribution in [-0.2, 0) is 23.6 Å². The number of hydrogen-bond donors (Lipinski definition) is 2. The molecule has 0 spiro atoms. The average Bonchev–Trinajstić information content (AvgIpc) is 2.98. The zero-order valence-corrected chi connectivity index (χ0v) is 10.7. The smallest absolute Gasteiger partial charge is 0.213 e. The number of aryl methyl sites for hydroxylation is 1. The Hall–Kier alpha value is -0.920. The van der Waals surface area contributed by atoms with Gasteiger partial charge in [-0.1, -0.05) is 0 Å². The van der Waals surface area contributed by atoms with Crippen LogP contribution in [0.2, 0.25) is 0 Å². The Morgan fingerprint density at radius 2 is 2.29 bits per heavy atom. The van der Waals surface area contributed by atoms with E-state index >= 15 is 0 Å². The van der Waals surface area contributed by atoms with Crippen molar-refractivity contribution >= 4 is 10.0 Å². The molecule has 0 atom stereocenters. The molecule has 2 rings (SSSR count). The van der Waals surface area contributed by atoms with Crippen molar-refractivity contribution in [2.45, 2.75) is 25.4 Å². The van der Waals surface area contributed by atoms with E-state index in [2.05, 4.69) is 15.0 Å². The molecule has 1 aromatic heterocycles. The molecule has 0 aliphatic heterocycles. The molecule has 2 N–H and O–H groups in total. The maximum atomic E-state index is 11.7. The normalized spacial score (nSPS) is 16.3. The van der Waals surface area contributed by atoms with E-state index in [1.54, 1.807) is 17.0 Å². The molecule has 0 amide bonds. The van der Waals surface area contributed by atoms with Crippen LogP contribution in [0.1, 0.15) is 18.7 Å². The number of aromatic nitrogens is 2. The van der Waals surface area contributed by atoms with Crippen LogP contribution in [0, 0.1) is 0 Å². The van der Waals surface area contributed by atoms with Crippen LogP contribution in [0.3, 0.4) is 0 Å². The quantitative estimate of drug-likeness (QED) is 0.697. The van der Waals surface area contributed by atoms with Gasteiger partial charge < -0.3 is 9.88 Å². The lowest BCUT2D eigenvalue weighted by Gasteiger charge is -2.07. The fourth-order valence-electron chi connectivity index (χ4n) is 1.50. The van der Waals surface area contributed by atoms with Crippen LogP contribution in [0.5, 0.6) is 0 Å². The van der Waals surface area contributed by atoms with Crippen LogP contribution in [0.25, 0.3) is 0 Å². The molecule has 1 saturated carbocycles. The topological polar surface area (TPSA) is 76.0 Å². The summed E-state index contributed by atoms with van der Waals surface area (Å²) in [6.07, 6.45) is 5.78. The van der Waals surface area contributed by atoms with Crippen LogP contribution < -0.4 is 10.0 Å². The van der Waals surface area contributed by atoms with Crippen molar-refractivity contribution in [2.24, 2.45) is 7.05 Å². The number of nitrogens with one attached hydrogen (secondary N) is 2. The first kappa shape index (κ1) is 12.5. The van der Waals surface area contributed by atoms with E-state index in [0.29, 0.717) is 18.4 Å². The van der Waals surface area contributed by atoms with Gasteiger partial charge in [0.25, 0.3) is 0 Å². The summed E-state index contributed by atoms with van der Waals surface area (Å²) in [5, 5.41) is 3.18. The van der Waals surface area contributed by atoms with Crippen molar-refractivity contribution in [1.82, 2.24) is 19.6 Å². The summed E-state index contributed by atoms with van der Waals surface area (Å²) in [6, 6.07) is 0.541. The van der Waals surface area contributed by atoms with Gasteiger partial charge in [-0.2, -0.15) is 0 Å². The van der Waals surface area contributed by atoms with Crippen LogP contribution in [0.4, 0.5) is 0 Å². The predicted molar refractivity (Wildman–Crippen MR) is 64.9 cm³/mol. The minimum Gasteiger partial charge on any atom is -0.337 e. The summed E-state index contributed by atoms with van der Waals surface area (Å²) < 4.78 is 27.6. The number of hydrogen-bond acceptors (Lipinski definition) is 4. The fraction of sp³-hybridized carbons (Fsp3) is 0.700. The van der Waals surface area contributed by atoms with E-state index in [9.17, 15) is 8.42 Å². The fourth-order valence-corrected chi connectivity index (χ4v) is 2.38. The minimum atomic E-state index is -3.21. The van der Waals surface area contributed by atoms with E-state index in [-0.39, 0.29) is 12.3 Å². The maximum absolute atomic E-state index is 11.7. The minimum absolute atomic E-state index is 0.119. The van der Waals surface area contributed by atoms with E-state index in [1.807, 2.05) is 7.05 Å². The van der Waals surface area contributed by atoms with Gasteiger partial charge in [0.1, 0.15) is 5.82 Å². The molecule has 0 saturated heterocycles. The molecule has 1 heterocycles. The third-order valence-electron chi connectivity index (χ3n) is 2.75. The van der Waals surface area contributed by atoms with Crippen molar-refractivity contribution in [3.05, 3.63) is 18.2 Å². The van der Waals surface area contributed by atoms with E-state index in [4.69, 9.17) is 0 Å². The van der Waals surface area contributed by atoms with Crippen molar-refractivity contribution < 1.29 is 8.42 Å². The average molecular weight is 258 g/mol. The van der Waals surface area contributed by atoms with Crippen molar-refractivity contribution in [2.75, 3.05) is 12.3 Å². The molecule has 0 bridgehead atoms. The number of imidazole rings is 1. The second-order valence-corrected chi connectivity index (χ2v) is 6.25. The summed E-state index contributed by atoms with van der Waals surface area (Å²) in [7, 11) is -1.37. The van der Waals surface area contributed by atoms with Crippen molar-refractivity contribution in [3.8, 4) is 0 Å². The summed E-state index contributed by atoms with van der Waals surface area (Å²) in [5.74, 6) is 0.831. The highest BCUT2D eigenvalue weighted by Gasteiger charge is 2.21. The Bertz CT molecular complexity index is 464. The first-order valence-electron chi connectivity index (χ1n) is 5.74. The Balaban J connectivity index is 1.74. The summed E-state index contributed by atoms with van der Waals surface area (Å²) in [6.45, 7) is 0.760. The molecule has 0 unspecified atom stereocenters. The highest BCUT2D eigenvalue weighted by molar-refractivity contribution is 7.89. The Labute approximate surface area is 101 Å². The number of rotatable bonds is 7. The highest BCUT2D eigenvalue weighted by Crippen LogP contribution is 2.17. The lowest BCUT2D eigenvalue weighted by atomic mass is 10.6. The van der Waals surface area contributed by atoms with Gasteiger partial charge in [0.2, 0.25) is 10.0 Å². The lowest BCUT2D eigenvalue weighted by molar-refractivity contribution is 0.572. The lowest BCUT2D eigenvalue weighted by Crippen LogP contribution is -2.32. The van der Waals surface area contributed by atoms with Gasteiger partial charge in [-0.15, -0.1) is 0 Å². The highest BCUT2D eigenvalue weighted by atomic mass is 32.2. The summed E-state index contributed by atoms with van der Waals surface area (Å²) in [5.41, 5.74) is 0. The largest absolute Gasteiger partial charge is 0.337 e. The molecule has 6 nitrogen and oxygen atoms in total. The second-order valence-electron chi connectivity index (χ2n) is 4.32. The van der Waals surface area contributed by atoms with Gasteiger partial charge in [-0.05, 0) is 12.8 Å². The van der Waals surface area contributed by atoms with Crippen molar-refractivity contribution in [1.29, 1.82) is 0 Å². The van der Waals surface area contributed by atoms with Gasteiger partial charge >= 0.3 is 0 Å². The first-order chi connectivity index (χ1) is 8.07.